The molecule has 0 saturated carbocycles. The van der Waals surface area contributed by atoms with Crippen LogP contribution in [0.2, 0.25) is 0 Å². The lowest BCUT2D eigenvalue weighted by Crippen LogP contribution is -2.47. The highest BCUT2D eigenvalue weighted by atomic mass is 16.5. The van der Waals surface area contributed by atoms with Crippen molar-refractivity contribution in [2.24, 2.45) is 0 Å². The predicted octanol–water partition coefficient (Wildman–Crippen LogP) is 2.05. The number of hydrazine groups is 1. The Labute approximate surface area is 177 Å². The van der Waals surface area contributed by atoms with Gasteiger partial charge in [-0.2, -0.15) is 0 Å². The summed E-state index contributed by atoms with van der Waals surface area (Å²) < 4.78 is 16.8. The second-order valence-corrected chi connectivity index (χ2v) is 6.73. The lowest BCUT2D eigenvalue weighted by atomic mass is 10.1. The summed E-state index contributed by atoms with van der Waals surface area (Å²) in [5.41, 5.74) is 4.99. The van der Waals surface area contributed by atoms with Crippen LogP contribution in [0.3, 0.4) is 0 Å². The Kier molecular flexibility index (Phi) is 9.24. The Morgan fingerprint density at radius 3 is 2.17 bits per heavy atom. The van der Waals surface area contributed by atoms with Crippen LogP contribution >= 0.6 is 0 Å². The van der Waals surface area contributed by atoms with Crippen molar-refractivity contribution in [1.29, 1.82) is 0 Å². The van der Waals surface area contributed by atoms with Crippen LogP contribution in [0.4, 0.5) is 0 Å². The molecule has 30 heavy (non-hydrogen) atoms. The summed E-state index contributed by atoms with van der Waals surface area (Å²) in [6.07, 6.45) is 3.14. The van der Waals surface area contributed by atoms with E-state index in [4.69, 9.17) is 14.2 Å². The molecular weight excluding hydrogens is 390 g/mol. The maximum atomic E-state index is 12.6. The van der Waals surface area contributed by atoms with E-state index in [0.717, 1.165) is 19.3 Å². The molecule has 0 unspecified atom stereocenters. The van der Waals surface area contributed by atoms with Crippen LogP contribution in [0.1, 0.15) is 56.8 Å². The molecule has 2 rings (SSSR count). The maximum absolute atomic E-state index is 12.6. The average molecular weight is 421 g/mol. The fourth-order valence-corrected chi connectivity index (χ4v) is 3.14. The Balaban J connectivity index is 2.06. The molecule has 0 bridgehead atoms. The van der Waals surface area contributed by atoms with Crippen LogP contribution < -0.4 is 25.1 Å². The van der Waals surface area contributed by atoms with Gasteiger partial charge in [0.05, 0.1) is 19.8 Å². The molecule has 1 fully saturated rings. The summed E-state index contributed by atoms with van der Waals surface area (Å²) in [7, 11) is 0. The second kappa shape index (κ2) is 11.9. The van der Waals surface area contributed by atoms with E-state index in [2.05, 4.69) is 10.9 Å². The molecule has 1 heterocycles. The summed E-state index contributed by atoms with van der Waals surface area (Å²) in [6.45, 7) is 7.15. The molecule has 0 radical (unpaired) electrons. The number of rotatable bonds is 9. The molecule has 9 heteroatoms. The van der Waals surface area contributed by atoms with E-state index in [0.29, 0.717) is 50.0 Å². The molecule has 1 aromatic carbocycles. The van der Waals surface area contributed by atoms with Gasteiger partial charge in [0, 0.05) is 18.5 Å². The zero-order chi connectivity index (χ0) is 21.9. The van der Waals surface area contributed by atoms with Crippen molar-refractivity contribution in [2.45, 2.75) is 46.5 Å². The largest absolute Gasteiger partial charge is 0.490 e. The van der Waals surface area contributed by atoms with Gasteiger partial charge in [0.2, 0.25) is 11.7 Å². The summed E-state index contributed by atoms with van der Waals surface area (Å²) in [5.74, 6) is 0.175. The Hall–Kier alpha value is -2.97. The van der Waals surface area contributed by atoms with E-state index in [-0.39, 0.29) is 18.0 Å². The van der Waals surface area contributed by atoms with E-state index < -0.39 is 11.8 Å². The molecule has 2 N–H and O–H groups in total. The van der Waals surface area contributed by atoms with Gasteiger partial charge in [-0.25, -0.2) is 0 Å². The SMILES string of the molecule is CCOc1cc(C(=O)NNC(=O)CN2CCCCCC2=O)cc(OCC)c1OCC. The zero-order valence-electron chi connectivity index (χ0n) is 17.9. The maximum Gasteiger partial charge on any atom is 0.269 e. The first-order valence-electron chi connectivity index (χ1n) is 10.4. The third-order valence-electron chi connectivity index (χ3n) is 4.49. The van der Waals surface area contributed by atoms with Crippen molar-refractivity contribution in [3.05, 3.63) is 17.7 Å². The highest BCUT2D eigenvalue weighted by Gasteiger charge is 2.21. The third kappa shape index (κ3) is 6.53. The molecule has 1 aromatic rings. The first-order chi connectivity index (χ1) is 14.5. The minimum atomic E-state index is -0.532. The Morgan fingerprint density at radius 2 is 1.57 bits per heavy atom. The van der Waals surface area contributed by atoms with Gasteiger partial charge in [-0.1, -0.05) is 6.42 Å². The smallest absolute Gasteiger partial charge is 0.269 e. The second-order valence-electron chi connectivity index (χ2n) is 6.73. The number of hydrogen-bond donors (Lipinski definition) is 2. The number of amides is 3. The van der Waals surface area contributed by atoms with Gasteiger partial charge in [-0.05, 0) is 45.7 Å². The molecule has 0 atom stereocenters. The van der Waals surface area contributed by atoms with E-state index in [1.807, 2.05) is 20.8 Å². The van der Waals surface area contributed by atoms with Crippen molar-refractivity contribution in [2.75, 3.05) is 32.9 Å². The Bertz CT molecular complexity index is 725. The lowest BCUT2D eigenvalue weighted by Gasteiger charge is -2.20. The van der Waals surface area contributed by atoms with Crippen LogP contribution in [0.5, 0.6) is 17.2 Å². The van der Waals surface area contributed by atoms with Crippen molar-refractivity contribution in [3.63, 3.8) is 0 Å². The molecule has 166 valence electrons. The summed E-state index contributed by atoms with van der Waals surface area (Å²) in [5, 5.41) is 0. The van der Waals surface area contributed by atoms with Crippen molar-refractivity contribution in [1.82, 2.24) is 15.8 Å². The highest BCUT2D eigenvalue weighted by molar-refractivity contribution is 5.97. The van der Waals surface area contributed by atoms with Gasteiger partial charge in [0.1, 0.15) is 6.54 Å². The number of nitrogens with zero attached hydrogens (tertiary/aromatic N) is 1. The standard InChI is InChI=1S/C21H31N3O6/c1-4-28-16-12-15(13-17(29-5-2)20(16)30-6-3)21(27)23-22-18(25)14-24-11-9-7-8-10-19(24)26/h12-13H,4-11,14H2,1-3H3,(H,22,25)(H,23,27). The molecular formula is C21H31N3O6. The van der Waals surface area contributed by atoms with Crippen LogP contribution in [0.25, 0.3) is 0 Å². The van der Waals surface area contributed by atoms with Crippen LogP contribution in [0, 0.1) is 0 Å². The normalized spacial score (nSPS) is 14.0. The minimum Gasteiger partial charge on any atom is -0.490 e. The zero-order valence-corrected chi connectivity index (χ0v) is 17.9. The van der Waals surface area contributed by atoms with Crippen molar-refractivity contribution in [3.8, 4) is 17.2 Å². The van der Waals surface area contributed by atoms with Gasteiger partial charge < -0.3 is 19.1 Å². The number of carbonyl (C=O) groups is 3. The molecule has 0 aromatic heterocycles. The molecule has 9 nitrogen and oxygen atoms in total. The minimum absolute atomic E-state index is 0.0387. The van der Waals surface area contributed by atoms with Gasteiger partial charge in [0.15, 0.2) is 11.5 Å². The van der Waals surface area contributed by atoms with Gasteiger partial charge in [-0.3, -0.25) is 25.2 Å². The number of likely N-dealkylation sites (tertiary alicyclic amines) is 1. The lowest BCUT2D eigenvalue weighted by molar-refractivity contribution is -0.135. The predicted molar refractivity (Wildman–Crippen MR) is 111 cm³/mol. The summed E-state index contributed by atoms with van der Waals surface area (Å²) in [6, 6.07) is 3.08. The van der Waals surface area contributed by atoms with Crippen molar-refractivity contribution < 1.29 is 28.6 Å². The molecule has 1 aliphatic rings. The average Bonchev–Trinajstić information content (AvgIpc) is 2.93. The van der Waals surface area contributed by atoms with E-state index in [9.17, 15) is 14.4 Å². The molecule has 3 amide bonds. The summed E-state index contributed by atoms with van der Waals surface area (Å²) in [4.78, 5) is 38.3. The summed E-state index contributed by atoms with van der Waals surface area (Å²) >= 11 is 0. The number of nitrogens with one attached hydrogen (secondary N) is 2. The first kappa shape index (κ1) is 23.3. The van der Waals surface area contributed by atoms with E-state index in [1.54, 1.807) is 0 Å². The van der Waals surface area contributed by atoms with Gasteiger partial charge in [-0.15, -0.1) is 0 Å². The van der Waals surface area contributed by atoms with E-state index in [1.165, 1.54) is 17.0 Å². The fraction of sp³-hybridized carbons (Fsp3) is 0.571. The number of hydrogen-bond acceptors (Lipinski definition) is 6. The van der Waals surface area contributed by atoms with Crippen LogP contribution in [-0.2, 0) is 9.59 Å². The topological polar surface area (TPSA) is 106 Å². The Morgan fingerprint density at radius 1 is 0.933 bits per heavy atom. The number of benzene rings is 1. The third-order valence-corrected chi connectivity index (χ3v) is 4.49. The quantitative estimate of drug-likeness (QED) is 0.591. The molecule has 0 spiro atoms. The first-order valence-corrected chi connectivity index (χ1v) is 10.4. The monoisotopic (exact) mass is 421 g/mol. The van der Waals surface area contributed by atoms with Gasteiger partial charge >= 0.3 is 0 Å². The van der Waals surface area contributed by atoms with Crippen LogP contribution in [0.15, 0.2) is 12.1 Å². The molecule has 1 saturated heterocycles. The van der Waals surface area contributed by atoms with Crippen LogP contribution in [-0.4, -0.2) is 55.5 Å². The van der Waals surface area contributed by atoms with Crippen molar-refractivity contribution >= 4 is 17.7 Å². The highest BCUT2D eigenvalue weighted by Crippen LogP contribution is 2.39. The number of carbonyl (C=O) groups excluding carboxylic acids is 3. The van der Waals surface area contributed by atoms with Gasteiger partial charge in [0.25, 0.3) is 11.8 Å². The fourth-order valence-electron chi connectivity index (χ4n) is 3.14. The van der Waals surface area contributed by atoms with E-state index >= 15 is 0 Å². The number of ether oxygens (including phenoxy) is 3. The molecule has 0 aliphatic carbocycles. The molecule has 1 aliphatic heterocycles.